The van der Waals surface area contributed by atoms with Crippen LogP contribution in [0.4, 0.5) is 4.39 Å². The number of carbonyl (C=O) groups excluding carboxylic acids is 1. The summed E-state index contributed by atoms with van der Waals surface area (Å²) in [4.78, 5) is 12.0. The highest BCUT2D eigenvalue weighted by atomic mass is 19.1. The highest BCUT2D eigenvalue weighted by Gasteiger charge is 2.43. The van der Waals surface area contributed by atoms with E-state index in [4.69, 9.17) is 9.47 Å². The maximum absolute atomic E-state index is 13.1. The van der Waals surface area contributed by atoms with Crippen LogP contribution in [0, 0.1) is 12.7 Å². The predicted molar refractivity (Wildman–Crippen MR) is 77.8 cm³/mol. The number of hydrogen-bond acceptors (Lipinski definition) is 4. The first-order valence-electron chi connectivity index (χ1n) is 7.21. The summed E-state index contributed by atoms with van der Waals surface area (Å²) in [6.07, 6.45) is 2.94. The van der Waals surface area contributed by atoms with Gasteiger partial charge in [0.25, 0.3) is 0 Å². The number of ether oxygens (including phenoxy) is 2. The van der Waals surface area contributed by atoms with Crippen molar-refractivity contribution in [3.8, 4) is 5.75 Å². The molecular formula is C16H22FNO3. The average molecular weight is 295 g/mol. The number of likely N-dealkylation sites (N-methyl/N-ethyl adjacent to an activating group) is 1. The van der Waals surface area contributed by atoms with Gasteiger partial charge in [0.2, 0.25) is 0 Å². The van der Waals surface area contributed by atoms with Crippen molar-refractivity contribution in [3.05, 3.63) is 29.6 Å². The summed E-state index contributed by atoms with van der Waals surface area (Å²) in [6, 6.07) is 4.47. The molecule has 21 heavy (non-hydrogen) atoms. The monoisotopic (exact) mass is 295 g/mol. The molecule has 0 aromatic heterocycles. The molecule has 1 aliphatic rings. The quantitative estimate of drug-likeness (QED) is 0.867. The van der Waals surface area contributed by atoms with E-state index in [9.17, 15) is 9.18 Å². The lowest BCUT2D eigenvalue weighted by Gasteiger charge is -2.38. The Balaban J connectivity index is 2.12. The van der Waals surface area contributed by atoms with E-state index in [0.717, 1.165) is 24.8 Å². The lowest BCUT2D eigenvalue weighted by Crippen LogP contribution is -2.55. The van der Waals surface area contributed by atoms with E-state index in [2.05, 4.69) is 5.32 Å². The second-order valence-corrected chi connectivity index (χ2v) is 5.57. The summed E-state index contributed by atoms with van der Waals surface area (Å²) >= 11 is 0. The molecule has 0 saturated heterocycles. The molecule has 0 spiro atoms. The molecular weight excluding hydrogens is 273 g/mol. The van der Waals surface area contributed by atoms with Gasteiger partial charge in [0.05, 0.1) is 7.11 Å². The highest BCUT2D eigenvalue weighted by molar-refractivity contribution is 5.81. The maximum atomic E-state index is 13.1. The number of rotatable bonds is 4. The molecule has 2 unspecified atom stereocenters. The van der Waals surface area contributed by atoms with Gasteiger partial charge in [-0.3, -0.25) is 4.79 Å². The van der Waals surface area contributed by atoms with Crippen LogP contribution in [0.5, 0.6) is 5.75 Å². The van der Waals surface area contributed by atoms with Gasteiger partial charge in [-0.2, -0.15) is 0 Å². The van der Waals surface area contributed by atoms with Crippen LogP contribution in [0.2, 0.25) is 0 Å². The van der Waals surface area contributed by atoms with E-state index in [0.29, 0.717) is 12.2 Å². The fourth-order valence-electron chi connectivity index (χ4n) is 2.96. The van der Waals surface area contributed by atoms with Gasteiger partial charge in [-0.05, 0) is 57.0 Å². The van der Waals surface area contributed by atoms with Gasteiger partial charge < -0.3 is 14.8 Å². The van der Waals surface area contributed by atoms with Crippen LogP contribution in [-0.2, 0) is 9.53 Å². The van der Waals surface area contributed by atoms with E-state index in [1.54, 1.807) is 13.1 Å². The Morgan fingerprint density at radius 3 is 2.86 bits per heavy atom. The molecule has 1 aliphatic carbocycles. The van der Waals surface area contributed by atoms with Crippen molar-refractivity contribution >= 4 is 5.97 Å². The van der Waals surface area contributed by atoms with Gasteiger partial charge >= 0.3 is 5.97 Å². The zero-order valence-electron chi connectivity index (χ0n) is 12.7. The number of halogens is 1. The molecule has 1 fully saturated rings. The van der Waals surface area contributed by atoms with Crippen molar-refractivity contribution in [2.45, 2.75) is 44.2 Å². The number of esters is 1. The first-order valence-corrected chi connectivity index (χ1v) is 7.21. The van der Waals surface area contributed by atoms with E-state index in [1.807, 2.05) is 6.92 Å². The molecule has 0 amide bonds. The summed E-state index contributed by atoms with van der Waals surface area (Å²) in [6.45, 7) is 1.81. The number of nitrogens with one attached hydrogen (secondary N) is 1. The van der Waals surface area contributed by atoms with E-state index >= 15 is 0 Å². The molecule has 1 aromatic carbocycles. The summed E-state index contributed by atoms with van der Waals surface area (Å²) < 4.78 is 24.0. The molecule has 1 saturated carbocycles. The van der Waals surface area contributed by atoms with Crippen molar-refractivity contribution < 1.29 is 18.7 Å². The van der Waals surface area contributed by atoms with Crippen LogP contribution in [0.1, 0.15) is 31.2 Å². The summed E-state index contributed by atoms with van der Waals surface area (Å²) in [5, 5.41) is 3.09. The van der Waals surface area contributed by atoms with Gasteiger partial charge in [-0.15, -0.1) is 0 Å². The van der Waals surface area contributed by atoms with Crippen LogP contribution in [0.15, 0.2) is 18.2 Å². The van der Waals surface area contributed by atoms with E-state index < -0.39 is 5.54 Å². The van der Waals surface area contributed by atoms with Crippen molar-refractivity contribution in [3.63, 3.8) is 0 Å². The third-order valence-corrected chi connectivity index (χ3v) is 4.19. The topological polar surface area (TPSA) is 47.6 Å². The van der Waals surface area contributed by atoms with Crippen LogP contribution in [0.25, 0.3) is 0 Å². The maximum Gasteiger partial charge on any atom is 0.326 e. The summed E-state index contributed by atoms with van der Waals surface area (Å²) in [7, 11) is 3.17. The largest absolute Gasteiger partial charge is 0.490 e. The van der Waals surface area contributed by atoms with Gasteiger partial charge in [0.15, 0.2) is 0 Å². The minimum atomic E-state index is -0.689. The second-order valence-electron chi connectivity index (χ2n) is 5.57. The van der Waals surface area contributed by atoms with Crippen LogP contribution in [0.3, 0.4) is 0 Å². The van der Waals surface area contributed by atoms with Crippen LogP contribution < -0.4 is 10.1 Å². The second kappa shape index (κ2) is 6.43. The molecule has 0 radical (unpaired) electrons. The molecule has 116 valence electrons. The molecule has 2 atom stereocenters. The van der Waals surface area contributed by atoms with Crippen molar-refractivity contribution in [1.82, 2.24) is 5.32 Å². The summed E-state index contributed by atoms with van der Waals surface area (Å²) in [5.74, 6) is 0.134. The lowest BCUT2D eigenvalue weighted by atomic mass is 9.80. The molecule has 0 heterocycles. The molecule has 1 aromatic rings. The number of hydrogen-bond donors (Lipinski definition) is 1. The van der Waals surface area contributed by atoms with Crippen molar-refractivity contribution in [2.24, 2.45) is 0 Å². The highest BCUT2D eigenvalue weighted by Crippen LogP contribution is 2.32. The lowest BCUT2D eigenvalue weighted by molar-refractivity contribution is -0.151. The van der Waals surface area contributed by atoms with Crippen molar-refractivity contribution in [2.75, 3.05) is 14.2 Å². The predicted octanol–water partition coefficient (Wildman–Crippen LogP) is 2.59. The smallest absolute Gasteiger partial charge is 0.326 e. The number of carbonyl (C=O) groups is 1. The normalized spacial score (nSPS) is 25.4. The van der Waals surface area contributed by atoms with Crippen LogP contribution >= 0.6 is 0 Å². The molecule has 2 rings (SSSR count). The first kappa shape index (κ1) is 15.8. The van der Waals surface area contributed by atoms with Crippen LogP contribution in [-0.4, -0.2) is 31.8 Å². The fraction of sp³-hybridized carbons (Fsp3) is 0.562. The number of aryl methyl sites for hydroxylation is 1. The van der Waals surface area contributed by atoms with E-state index in [1.165, 1.54) is 19.2 Å². The molecule has 1 N–H and O–H groups in total. The minimum Gasteiger partial charge on any atom is -0.490 e. The Hall–Kier alpha value is -1.62. The Labute approximate surface area is 124 Å². The Kier molecular flexibility index (Phi) is 4.83. The number of benzene rings is 1. The molecule has 4 nitrogen and oxygen atoms in total. The third kappa shape index (κ3) is 3.35. The molecule has 5 heteroatoms. The number of methoxy groups -OCH3 is 1. The van der Waals surface area contributed by atoms with Gasteiger partial charge in [0.1, 0.15) is 23.2 Å². The average Bonchev–Trinajstić information content (AvgIpc) is 2.49. The standard InChI is InChI=1S/C16H22FNO3/c1-11-9-12(17)6-7-14(11)21-13-5-4-8-16(10-13,18-2)15(19)20-3/h6-7,9,13,18H,4-5,8,10H2,1-3H3. The van der Waals surface area contributed by atoms with E-state index in [-0.39, 0.29) is 17.9 Å². The Bertz CT molecular complexity index is 520. The minimum absolute atomic E-state index is 0.0885. The van der Waals surface area contributed by atoms with Gasteiger partial charge in [0, 0.05) is 6.42 Å². The van der Waals surface area contributed by atoms with Gasteiger partial charge in [-0.25, -0.2) is 4.39 Å². The Morgan fingerprint density at radius 1 is 1.48 bits per heavy atom. The SMILES string of the molecule is CNC1(C(=O)OC)CCCC(Oc2ccc(F)cc2C)C1. The fourth-order valence-corrected chi connectivity index (χ4v) is 2.96. The first-order chi connectivity index (χ1) is 10.0. The molecule has 0 aliphatic heterocycles. The Morgan fingerprint density at radius 2 is 2.24 bits per heavy atom. The zero-order chi connectivity index (χ0) is 15.5. The third-order valence-electron chi connectivity index (χ3n) is 4.19. The zero-order valence-corrected chi connectivity index (χ0v) is 12.7. The van der Waals surface area contributed by atoms with Gasteiger partial charge in [-0.1, -0.05) is 0 Å². The summed E-state index contributed by atoms with van der Waals surface area (Å²) in [5.41, 5.74) is 0.0692. The molecule has 0 bridgehead atoms. The van der Waals surface area contributed by atoms with Crippen molar-refractivity contribution in [1.29, 1.82) is 0 Å².